The number of hydrogen-bond donors (Lipinski definition) is 1. The van der Waals surface area contributed by atoms with Gasteiger partial charge in [0.1, 0.15) is 5.82 Å². The molecule has 0 bridgehead atoms. The fourth-order valence-corrected chi connectivity index (χ4v) is 2.62. The van der Waals surface area contributed by atoms with Crippen LogP contribution in [-0.2, 0) is 6.18 Å². The Bertz CT molecular complexity index is 533. The minimum atomic E-state index is -4.74. The average Bonchev–Trinajstić information content (AvgIpc) is 2.44. The second kappa shape index (κ2) is 6.64. The molecular formula is C14H15F7N2. The molecule has 9 heteroatoms. The molecule has 2 rings (SSSR count). The van der Waals surface area contributed by atoms with Crippen molar-refractivity contribution in [2.45, 2.75) is 24.8 Å². The molecule has 0 saturated carbocycles. The van der Waals surface area contributed by atoms with Crippen LogP contribution in [-0.4, -0.2) is 37.3 Å². The van der Waals surface area contributed by atoms with E-state index in [-0.39, 0.29) is 24.7 Å². The maximum atomic E-state index is 14.1. The summed E-state index contributed by atoms with van der Waals surface area (Å²) < 4.78 is 90.1. The van der Waals surface area contributed by atoms with Gasteiger partial charge in [-0.3, -0.25) is 4.90 Å². The number of benzene rings is 1. The number of piperazine rings is 1. The molecule has 1 fully saturated rings. The molecule has 1 N–H and O–H groups in total. The standard InChI is InChI=1S/C14H15F7N2/c15-11-7-9(14(19,20)21)1-2-10(11)12(8-13(16,17)18)23-5-3-22-4-6-23/h1-2,7,12,22H,3-6,8H2/t12-/m0/s1. The topological polar surface area (TPSA) is 15.3 Å². The van der Waals surface area contributed by atoms with Crippen LogP contribution in [0.5, 0.6) is 0 Å². The first kappa shape index (κ1) is 18.0. The summed E-state index contributed by atoms with van der Waals surface area (Å²) in [6.07, 6.45) is -10.6. The molecule has 1 aromatic carbocycles. The summed E-state index contributed by atoms with van der Waals surface area (Å²) in [5.74, 6) is -1.27. The van der Waals surface area contributed by atoms with E-state index < -0.39 is 36.2 Å². The SMILES string of the molecule is Fc1cc(C(F)(F)F)ccc1[C@H](CC(F)(F)F)N1CCNCC1. The van der Waals surface area contributed by atoms with Crippen LogP contribution in [0.1, 0.15) is 23.6 Å². The van der Waals surface area contributed by atoms with E-state index >= 15 is 0 Å². The van der Waals surface area contributed by atoms with E-state index in [0.29, 0.717) is 19.2 Å². The second-order valence-corrected chi connectivity index (χ2v) is 5.36. The number of nitrogens with one attached hydrogen (secondary N) is 1. The van der Waals surface area contributed by atoms with Gasteiger partial charge in [0, 0.05) is 37.8 Å². The van der Waals surface area contributed by atoms with Gasteiger partial charge in [0.25, 0.3) is 0 Å². The maximum absolute atomic E-state index is 14.1. The monoisotopic (exact) mass is 344 g/mol. The number of hydrogen-bond acceptors (Lipinski definition) is 2. The summed E-state index contributed by atoms with van der Waals surface area (Å²) in [5.41, 5.74) is -1.58. The van der Waals surface area contributed by atoms with Crippen molar-refractivity contribution >= 4 is 0 Å². The quantitative estimate of drug-likeness (QED) is 0.841. The highest BCUT2D eigenvalue weighted by molar-refractivity contribution is 5.29. The van der Waals surface area contributed by atoms with E-state index in [9.17, 15) is 30.7 Å². The van der Waals surface area contributed by atoms with Crippen LogP contribution in [0.25, 0.3) is 0 Å². The predicted octanol–water partition coefficient (Wildman–Crippen LogP) is 3.74. The first-order chi connectivity index (χ1) is 10.6. The van der Waals surface area contributed by atoms with Crippen molar-refractivity contribution in [1.82, 2.24) is 10.2 Å². The van der Waals surface area contributed by atoms with E-state index in [1.807, 2.05) is 0 Å². The third kappa shape index (κ3) is 4.81. The third-order valence-corrected chi connectivity index (χ3v) is 3.70. The molecule has 0 spiro atoms. The Balaban J connectivity index is 2.34. The van der Waals surface area contributed by atoms with Crippen LogP contribution >= 0.6 is 0 Å². The van der Waals surface area contributed by atoms with Crippen LogP contribution in [0, 0.1) is 5.82 Å². The predicted molar refractivity (Wildman–Crippen MR) is 69.3 cm³/mol. The molecule has 1 aliphatic rings. The van der Waals surface area contributed by atoms with Gasteiger partial charge in [0.2, 0.25) is 0 Å². The van der Waals surface area contributed by atoms with Crippen LogP contribution in [0.15, 0.2) is 18.2 Å². The molecule has 23 heavy (non-hydrogen) atoms. The van der Waals surface area contributed by atoms with Gasteiger partial charge in [-0.1, -0.05) is 6.07 Å². The maximum Gasteiger partial charge on any atom is 0.416 e. The molecule has 1 saturated heterocycles. The molecule has 0 aromatic heterocycles. The lowest BCUT2D eigenvalue weighted by atomic mass is 9.98. The number of alkyl halides is 6. The van der Waals surface area contributed by atoms with Crippen LogP contribution in [0.2, 0.25) is 0 Å². The Morgan fingerprint density at radius 1 is 1.04 bits per heavy atom. The van der Waals surface area contributed by atoms with Crippen molar-refractivity contribution in [2.24, 2.45) is 0 Å². The van der Waals surface area contributed by atoms with E-state index in [1.54, 1.807) is 0 Å². The summed E-state index contributed by atoms with van der Waals surface area (Å²) in [6.45, 7) is 1.41. The average molecular weight is 344 g/mol. The zero-order valence-corrected chi connectivity index (χ0v) is 11.9. The van der Waals surface area contributed by atoms with E-state index in [2.05, 4.69) is 5.32 Å². The lowest BCUT2D eigenvalue weighted by Crippen LogP contribution is -2.46. The molecule has 1 heterocycles. The third-order valence-electron chi connectivity index (χ3n) is 3.70. The van der Waals surface area contributed by atoms with Crippen molar-refractivity contribution < 1.29 is 30.7 Å². The fraction of sp³-hybridized carbons (Fsp3) is 0.571. The summed E-state index contributed by atoms with van der Waals surface area (Å²) in [4.78, 5) is 1.44. The molecule has 0 unspecified atom stereocenters. The highest BCUT2D eigenvalue weighted by Crippen LogP contribution is 2.37. The highest BCUT2D eigenvalue weighted by Gasteiger charge is 2.38. The smallest absolute Gasteiger partial charge is 0.314 e. The Labute approximate surface area is 128 Å². The summed E-state index contributed by atoms with van der Waals surface area (Å²) >= 11 is 0. The van der Waals surface area contributed by atoms with E-state index in [0.717, 1.165) is 6.07 Å². The minimum Gasteiger partial charge on any atom is -0.314 e. The Morgan fingerprint density at radius 3 is 2.13 bits per heavy atom. The van der Waals surface area contributed by atoms with Crippen LogP contribution < -0.4 is 5.32 Å². The molecule has 0 radical (unpaired) electrons. The molecule has 2 nitrogen and oxygen atoms in total. The Hall–Kier alpha value is -1.35. The summed E-state index contributed by atoms with van der Waals surface area (Å²) in [6, 6.07) is 0.334. The van der Waals surface area contributed by atoms with Gasteiger partial charge in [-0.25, -0.2) is 4.39 Å². The molecule has 1 aromatic rings. The molecule has 0 amide bonds. The molecule has 0 aliphatic carbocycles. The fourth-order valence-electron chi connectivity index (χ4n) is 2.62. The summed E-state index contributed by atoms with van der Waals surface area (Å²) in [7, 11) is 0. The largest absolute Gasteiger partial charge is 0.416 e. The lowest BCUT2D eigenvalue weighted by molar-refractivity contribution is -0.149. The van der Waals surface area contributed by atoms with Crippen LogP contribution in [0.4, 0.5) is 30.7 Å². The number of rotatable bonds is 3. The Morgan fingerprint density at radius 2 is 1.65 bits per heavy atom. The van der Waals surface area contributed by atoms with Crippen molar-refractivity contribution in [3.8, 4) is 0 Å². The van der Waals surface area contributed by atoms with E-state index in [1.165, 1.54) is 4.90 Å². The van der Waals surface area contributed by atoms with Gasteiger partial charge in [-0.05, 0) is 12.1 Å². The zero-order chi connectivity index (χ0) is 17.3. The molecule has 1 atom stereocenters. The summed E-state index contributed by atoms with van der Waals surface area (Å²) in [5, 5.41) is 2.96. The Kier molecular flexibility index (Phi) is 5.20. The van der Waals surface area contributed by atoms with Crippen molar-refractivity contribution in [1.29, 1.82) is 0 Å². The van der Waals surface area contributed by atoms with Crippen molar-refractivity contribution in [2.75, 3.05) is 26.2 Å². The second-order valence-electron chi connectivity index (χ2n) is 5.36. The first-order valence-electron chi connectivity index (χ1n) is 6.96. The zero-order valence-electron chi connectivity index (χ0n) is 11.9. The van der Waals surface area contributed by atoms with Gasteiger partial charge in [-0.15, -0.1) is 0 Å². The van der Waals surface area contributed by atoms with E-state index in [4.69, 9.17) is 0 Å². The lowest BCUT2D eigenvalue weighted by Gasteiger charge is -2.35. The number of nitrogens with zero attached hydrogens (tertiary/aromatic N) is 1. The molecular weight excluding hydrogens is 329 g/mol. The molecule has 130 valence electrons. The van der Waals surface area contributed by atoms with Crippen LogP contribution in [0.3, 0.4) is 0 Å². The molecule has 1 aliphatic heterocycles. The van der Waals surface area contributed by atoms with Crippen molar-refractivity contribution in [3.63, 3.8) is 0 Å². The van der Waals surface area contributed by atoms with Gasteiger partial charge in [0.05, 0.1) is 12.0 Å². The minimum absolute atomic E-state index is 0.251. The van der Waals surface area contributed by atoms with Gasteiger partial charge in [0.15, 0.2) is 0 Å². The first-order valence-corrected chi connectivity index (χ1v) is 6.96. The van der Waals surface area contributed by atoms with Crippen molar-refractivity contribution in [3.05, 3.63) is 35.1 Å². The normalized spacial score (nSPS) is 18.9. The number of halogens is 7. The van der Waals surface area contributed by atoms with Gasteiger partial charge in [-0.2, -0.15) is 26.3 Å². The highest BCUT2D eigenvalue weighted by atomic mass is 19.4. The van der Waals surface area contributed by atoms with Gasteiger partial charge < -0.3 is 5.32 Å². The van der Waals surface area contributed by atoms with Gasteiger partial charge >= 0.3 is 12.4 Å².